The molecule has 1 fully saturated rings. The standard InChI is InChI=1S/C21H26N4O3/c1-2-28-19-7-6-17(13-23-19)21(27)24-18-5-3-4-15(12-18)14-25-10-8-16(9-11-25)20(22)26/h3-7,12-13,16H,2,8-11,14H2,1H3,(H2,22,26)(H,24,27). The number of piperidine rings is 1. The lowest BCUT2D eigenvalue weighted by Gasteiger charge is -2.30. The van der Waals surface area contributed by atoms with Gasteiger partial charge in [0.15, 0.2) is 0 Å². The first kappa shape index (κ1) is 19.8. The van der Waals surface area contributed by atoms with Crippen molar-refractivity contribution in [2.45, 2.75) is 26.3 Å². The summed E-state index contributed by atoms with van der Waals surface area (Å²) >= 11 is 0. The molecule has 28 heavy (non-hydrogen) atoms. The van der Waals surface area contributed by atoms with Crippen LogP contribution in [0.4, 0.5) is 5.69 Å². The molecule has 0 atom stereocenters. The zero-order chi connectivity index (χ0) is 19.9. The average molecular weight is 382 g/mol. The second-order valence-corrected chi connectivity index (χ2v) is 6.93. The second-order valence-electron chi connectivity index (χ2n) is 6.93. The van der Waals surface area contributed by atoms with Crippen LogP contribution in [-0.2, 0) is 11.3 Å². The largest absolute Gasteiger partial charge is 0.478 e. The average Bonchev–Trinajstić information content (AvgIpc) is 2.69. The lowest BCUT2D eigenvalue weighted by molar-refractivity contribution is -0.123. The maximum atomic E-state index is 12.4. The number of primary amides is 1. The van der Waals surface area contributed by atoms with Crippen LogP contribution in [0.2, 0.25) is 0 Å². The minimum atomic E-state index is -0.213. The maximum Gasteiger partial charge on any atom is 0.257 e. The molecule has 2 amide bonds. The summed E-state index contributed by atoms with van der Waals surface area (Å²) < 4.78 is 5.29. The molecule has 1 aliphatic rings. The Morgan fingerprint density at radius 2 is 2.04 bits per heavy atom. The second kappa shape index (κ2) is 9.32. The van der Waals surface area contributed by atoms with E-state index in [1.54, 1.807) is 12.1 Å². The summed E-state index contributed by atoms with van der Waals surface area (Å²) in [6.45, 7) is 4.89. The van der Waals surface area contributed by atoms with E-state index in [2.05, 4.69) is 15.2 Å². The molecular formula is C21H26N4O3. The highest BCUT2D eigenvalue weighted by atomic mass is 16.5. The fraction of sp³-hybridized carbons (Fsp3) is 0.381. The molecule has 0 radical (unpaired) electrons. The highest BCUT2D eigenvalue weighted by Gasteiger charge is 2.23. The van der Waals surface area contributed by atoms with Crippen molar-refractivity contribution in [3.63, 3.8) is 0 Å². The lowest BCUT2D eigenvalue weighted by Crippen LogP contribution is -2.38. The van der Waals surface area contributed by atoms with E-state index in [4.69, 9.17) is 10.5 Å². The molecule has 2 aromatic rings. The monoisotopic (exact) mass is 382 g/mol. The first-order valence-electron chi connectivity index (χ1n) is 9.56. The molecular weight excluding hydrogens is 356 g/mol. The van der Waals surface area contributed by atoms with E-state index < -0.39 is 0 Å². The predicted octanol–water partition coefficient (Wildman–Crippen LogP) is 2.43. The van der Waals surface area contributed by atoms with Gasteiger partial charge in [0.2, 0.25) is 11.8 Å². The predicted molar refractivity (Wildman–Crippen MR) is 107 cm³/mol. The third-order valence-corrected chi connectivity index (χ3v) is 4.87. The first-order chi connectivity index (χ1) is 13.5. The molecule has 7 nitrogen and oxygen atoms in total. The number of amides is 2. The SMILES string of the molecule is CCOc1ccc(C(=O)Nc2cccc(CN3CCC(C(N)=O)CC3)c2)cn1. The van der Waals surface area contributed by atoms with Crippen molar-refractivity contribution < 1.29 is 14.3 Å². The topological polar surface area (TPSA) is 97.5 Å². The van der Waals surface area contributed by atoms with Crippen molar-refractivity contribution in [2.75, 3.05) is 25.0 Å². The molecule has 2 heterocycles. The van der Waals surface area contributed by atoms with Gasteiger partial charge in [0.1, 0.15) is 0 Å². The van der Waals surface area contributed by atoms with Gasteiger partial charge in [-0.05, 0) is 56.6 Å². The first-order valence-corrected chi connectivity index (χ1v) is 9.56. The molecule has 3 rings (SSSR count). The molecule has 148 valence electrons. The van der Waals surface area contributed by atoms with E-state index in [0.29, 0.717) is 18.1 Å². The summed E-state index contributed by atoms with van der Waals surface area (Å²) in [7, 11) is 0. The number of carbonyl (C=O) groups is 2. The van der Waals surface area contributed by atoms with E-state index >= 15 is 0 Å². The number of rotatable bonds is 7. The van der Waals surface area contributed by atoms with Gasteiger partial charge in [-0.1, -0.05) is 12.1 Å². The molecule has 0 unspecified atom stereocenters. The van der Waals surface area contributed by atoms with Gasteiger partial charge in [-0.2, -0.15) is 0 Å². The smallest absolute Gasteiger partial charge is 0.257 e. The normalized spacial score (nSPS) is 15.2. The Hall–Kier alpha value is -2.93. The molecule has 0 saturated carbocycles. The lowest BCUT2D eigenvalue weighted by atomic mass is 9.96. The Bertz CT molecular complexity index is 815. The third kappa shape index (κ3) is 5.29. The number of ether oxygens (including phenoxy) is 1. The van der Waals surface area contributed by atoms with Crippen LogP contribution in [0.5, 0.6) is 5.88 Å². The molecule has 1 aromatic carbocycles. The fourth-order valence-corrected chi connectivity index (χ4v) is 3.33. The zero-order valence-electron chi connectivity index (χ0n) is 16.1. The summed E-state index contributed by atoms with van der Waals surface area (Å²) in [5.74, 6) is 0.0776. The van der Waals surface area contributed by atoms with E-state index in [1.807, 2.05) is 31.2 Å². The summed E-state index contributed by atoms with van der Waals surface area (Å²) in [5.41, 5.74) is 7.72. The van der Waals surface area contributed by atoms with Crippen LogP contribution in [-0.4, -0.2) is 41.4 Å². The molecule has 0 aliphatic carbocycles. The molecule has 7 heteroatoms. The highest BCUT2D eigenvalue weighted by Crippen LogP contribution is 2.20. The maximum absolute atomic E-state index is 12.4. The van der Waals surface area contributed by atoms with Crippen molar-refractivity contribution in [3.05, 3.63) is 53.7 Å². The van der Waals surface area contributed by atoms with Gasteiger partial charge < -0.3 is 15.8 Å². The molecule has 1 saturated heterocycles. The van der Waals surface area contributed by atoms with E-state index in [0.717, 1.165) is 43.7 Å². The fourth-order valence-electron chi connectivity index (χ4n) is 3.33. The minimum absolute atomic E-state index is 0.00963. The van der Waals surface area contributed by atoms with Crippen LogP contribution in [0, 0.1) is 5.92 Å². The number of pyridine rings is 1. The Balaban J connectivity index is 1.57. The summed E-state index contributed by atoms with van der Waals surface area (Å²) in [6.07, 6.45) is 3.11. The van der Waals surface area contributed by atoms with Crippen molar-refractivity contribution in [2.24, 2.45) is 11.7 Å². The quantitative estimate of drug-likeness (QED) is 0.766. The number of likely N-dealkylation sites (tertiary alicyclic amines) is 1. The number of nitrogens with zero attached hydrogens (tertiary/aromatic N) is 2. The third-order valence-electron chi connectivity index (χ3n) is 4.87. The molecule has 1 aromatic heterocycles. The van der Waals surface area contributed by atoms with Gasteiger partial charge in [0.05, 0.1) is 12.2 Å². The zero-order valence-corrected chi connectivity index (χ0v) is 16.1. The van der Waals surface area contributed by atoms with Crippen molar-refractivity contribution in [3.8, 4) is 5.88 Å². The highest BCUT2D eigenvalue weighted by molar-refractivity contribution is 6.04. The van der Waals surface area contributed by atoms with Gasteiger partial charge >= 0.3 is 0 Å². The van der Waals surface area contributed by atoms with Gasteiger partial charge in [-0.3, -0.25) is 14.5 Å². The number of hydrogen-bond donors (Lipinski definition) is 2. The Morgan fingerprint density at radius 1 is 1.25 bits per heavy atom. The van der Waals surface area contributed by atoms with E-state index in [9.17, 15) is 9.59 Å². The van der Waals surface area contributed by atoms with Crippen LogP contribution < -0.4 is 15.8 Å². The Kier molecular flexibility index (Phi) is 6.60. The molecule has 0 spiro atoms. The number of hydrogen-bond acceptors (Lipinski definition) is 5. The van der Waals surface area contributed by atoms with Crippen molar-refractivity contribution in [1.82, 2.24) is 9.88 Å². The van der Waals surface area contributed by atoms with Crippen LogP contribution in [0.25, 0.3) is 0 Å². The van der Waals surface area contributed by atoms with Gasteiger partial charge in [-0.25, -0.2) is 4.98 Å². The number of aromatic nitrogens is 1. The van der Waals surface area contributed by atoms with Crippen molar-refractivity contribution >= 4 is 17.5 Å². The number of benzene rings is 1. The summed E-state index contributed by atoms with van der Waals surface area (Å²) in [6, 6.07) is 11.2. The van der Waals surface area contributed by atoms with E-state index in [1.165, 1.54) is 6.20 Å². The minimum Gasteiger partial charge on any atom is -0.478 e. The van der Waals surface area contributed by atoms with Crippen LogP contribution >= 0.6 is 0 Å². The molecule has 1 aliphatic heterocycles. The Labute approximate surface area is 164 Å². The number of nitrogens with one attached hydrogen (secondary N) is 1. The van der Waals surface area contributed by atoms with Crippen LogP contribution in [0.1, 0.15) is 35.7 Å². The number of anilines is 1. The summed E-state index contributed by atoms with van der Waals surface area (Å²) in [4.78, 5) is 30.1. The van der Waals surface area contributed by atoms with Crippen LogP contribution in [0.3, 0.4) is 0 Å². The van der Waals surface area contributed by atoms with Gasteiger partial charge in [-0.15, -0.1) is 0 Å². The summed E-state index contributed by atoms with van der Waals surface area (Å²) in [5, 5.41) is 2.91. The van der Waals surface area contributed by atoms with Crippen molar-refractivity contribution in [1.29, 1.82) is 0 Å². The molecule has 0 bridgehead atoms. The number of carbonyl (C=O) groups excluding carboxylic acids is 2. The van der Waals surface area contributed by atoms with Gasteiger partial charge in [0.25, 0.3) is 5.91 Å². The van der Waals surface area contributed by atoms with Gasteiger partial charge in [0, 0.05) is 30.4 Å². The van der Waals surface area contributed by atoms with Crippen LogP contribution in [0.15, 0.2) is 42.6 Å². The number of nitrogens with two attached hydrogens (primary N) is 1. The Morgan fingerprint density at radius 3 is 2.68 bits per heavy atom. The van der Waals surface area contributed by atoms with E-state index in [-0.39, 0.29) is 17.7 Å². The molecule has 3 N–H and O–H groups in total.